The third kappa shape index (κ3) is 8.64. The maximum atomic E-state index is 17.2. The third-order valence-electron chi connectivity index (χ3n) is 17.3. The van der Waals surface area contributed by atoms with Gasteiger partial charge in [-0.25, -0.2) is 4.39 Å². The molecule has 7 heterocycles. The average molecular weight is 963 g/mol. The molecule has 2 saturated carbocycles. The van der Waals surface area contributed by atoms with E-state index in [1.165, 1.54) is 31.4 Å². The molecule has 2 aliphatic carbocycles. The first kappa shape index (κ1) is 46.2. The number of piperazine rings is 1. The number of aromatic hydroxyl groups is 1. The number of pyridine rings is 1. The fourth-order valence-electron chi connectivity index (χ4n) is 13.0. The molecule has 4 saturated heterocycles. The van der Waals surface area contributed by atoms with Crippen LogP contribution in [0.4, 0.5) is 15.9 Å². The van der Waals surface area contributed by atoms with E-state index in [0.717, 1.165) is 123 Å². The van der Waals surface area contributed by atoms with E-state index in [9.17, 15) is 15.0 Å². The van der Waals surface area contributed by atoms with Crippen molar-refractivity contribution < 1.29 is 24.1 Å². The summed E-state index contributed by atoms with van der Waals surface area (Å²) in [6.45, 7) is 16.6. The lowest BCUT2D eigenvalue weighted by Gasteiger charge is -2.56. The fourth-order valence-corrected chi connectivity index (χ4v) is 13.0. The second-order valence-electron chi connectivity index (χ2n) is 22.4. The standard InChI is InChI=1S/C56H67FN10O4/c1-5-36-8-6-9-37-26-40(68)28-43(46(36)37)49-47(57)50-44(31-58-49)51(67-19-7-14-54(3,70)32-67)61-53(60-50)71-34-56(15-16-56)33-64-20-17-55(18-21-64)29-39(30-55)66-24-22-65(23-25-66)38-11-13-41-45(27-38)63(4)62-48(41)42-12-10-35(2)59-52(42)69/h6,8-9,11,13,26-28,31,39,42,68,70H,2,5,7,10,12,14-25,29-30,32-34H2,1,3-4H3,(H,59,69)/t42?,54-/m1/s1. The Bertz CT molecular complexity index is 3070. The topological polar surface area (TPSA) is 148 Å². The van der Waals surface area contributed by atoms with Gasteiger partial charge in [-0.1, -0.05) is 31.7 Å². The summed E-state index contributed by atoms with van der Waals surface area (Å²) in [6.07, 6.45) is 12.5. The normalized spacial score (nSPS) is 24.0. The first-order valence-corrected chi connectivity index (χ1v) is 26.1. The number of rotatable bonds is 11. The Balaban J connectivity index is 0.681. The Morgan fingerprint density at radius 2 is 1.75 bits per heavy atom. The van der Waals surface area contributed by atoms with Gasteiger partial charge < -0.3 is 35.0 Å². The zero-order valence-electron chi connectivity index (χ0n) is 41.5. The maximum absolute atomic E-state index is 17.2. The number of nitrogens with zero attached hydrogens (tertiary/aromatic N) is 9. The van der Waals surface area contributed by atoms with E-state index < -0.39 is 11.4 Å². The van der Waals surface area contributed by atoms with E-state index in [2.05, 4.69) is 51.7 Å². The number of aryl methyl sites for hydroxylation is 2. The number of phenols is 1. The molecule has 1 unspecified atom stereocenters. The number of carbonyl (C=O) groups excluding carboxylic acids is 1. The summed E-state index contributed by atoms with van der Waals surface area (Å²) in [7, 11) is 1.98. The molecule has 1 spiro atoms. The number of nitrogens with one attached hydrogen (secondary N) is 1. The monoisotopic (exact) mass is 963 g/mol. The van der Waals surface area contributed by atoms with Crippen molar-refractivity contribution in [2.24, 2.45) is 17.9 Å². The van der Waals surface area contributed by atoms with Gasteiger partial charge >= 0.3 is 6.01 Å². The van der Waals surface area contributed by atoms with Crippen molar-refractivity contribution >= 4 is 50.0 Å². The van der Waals surface area contributed by atoms with Gasteiger partial charge in [0, 0.05) is 92.8 Å². The van der Waals surface area contributed by atoms with Crippen molar-refractivity contribution in [2.75, 3.05) is 75.3 Å². The van der Waals surface area contributed by atoms with E-state index in [1.807, 2.05) is 41.8 Å². The van der Waals surface area contributed by atoms with E-state index in [1.54, 1.807) is 18.3 Å². The number of carbonyl (C=O) groups is 1. The van der Waals surface area contributed by atoms with Gasteiger partial charge in [-0.2, -0.15) is 15.1 Å². The summed E-state index contributed by atoms with van der Waals surface area (Å²) in [6, 6.07) is 16.6. The van der Waals surface area contributed by atoms with Gasteiger partial charge in [0.1, 0.15) is 22.8 Å². The predicted octanol–water partition coefficient (Wildman–Crippen LogP) is 8.22. The summed E-state index contributed by atoms with van der Waals surface area (Å²) in [5.41, 5.74) is 5.25. The second kappa shape index (κ2) is 17.7. The van der Waals surface area contributed by atoms with Crippen LogP contribution in [0.5, 0.6) is 11.8 Å². The van der Waals surface area contributed by atoms with Crippen molar-refractivity contribution in [2.45, 2.75) is 102 Å². The second-order valence-corrected chi connectivity index (χ2v) is 22.4. The first-order valence-electron chi connectivity index (χ1n) is 26.1. The van der Waals surface area contributed by atoms with Crippen molar-refractivity contribution in [3.63, 3.8) is 0 Å². The zero-order chi connectivity index (χ0) is 48.8. The molecule has 15 heteroatoms. The molecule has 6 aromatic rings. The molecule has 2 atom stereocenters. The van der Waals surface area contributed by atoms with Crippen molar-refractivity contribution in [1.29, 1.82) is 0 Å². The van der Waals surface area contributed by atoms with Crippen LogP contribution in [0.2, 0.25) is 0 Å². The largest absolute Gasteiger partial charge is 0.508 e. The van der Waals surface area contributed by atoms with E-state index in [0.29, 0.717) is 54.3 Å². The minimum Gasteiger partial charge on any atom is -0.508 e. The number of hydrogen-bond donors (Lipinski definition) is 3. The van der Waals surface area contributed by atoms with E-state index in [-0.39, 0.29) is 40.2 Å². The molecule has 6 aliphatic rings. The van der Waals surface area contributed by atoms with Crippen LogP contribution >= 0.6 is 0 Å². The predicted molar refractivity (Wildman–Crippen MR) is 275 cm³/mol. The summed E-state index contributed by atoms with van der Waals surface area (Å²) in [4.78, 5) is 37.1. The number of aromatic nitrogens is 5. The van der Waals surface area contributed by atoms with Gasteiger partial charge in [-0.15, -0.1) is 0 Å². The molecule has 71 heavy (non-hydrogen) atoms. The lowest BCUT2D eigenvalue weighted by Crippen LogP contribution is -2.59. The van der Waals surface area contributed by atoms with Crippen LogP contribution < -0.4 is 19.9 Å². The van der Waals surface area contributed by atoms with Crippen molar-refractivity contribution in [3.8, 4) is 23.0 Å². The lowest BCUT2D eigenvalue weighted by atomic mass is 9.60. The van der Waals surface area contributed by atoms with E-state index in [4.69, 9.17) is 24.8 Å². The van der Waals surface area contributed by atoms with Gasteiger partial charge in [0.2, 0.25) is 5.91 Å². The number of likely N-dealkylation sites (tertiary alicyclic amines) is 1. The minimum absolute atomic E-state index is 0.00400. The first-order chi connectivity index (χ1) is 34.3. The molecule has 14 nitrogen and oxygen atoms in total. The average Bonchev–Trinajstić information content (AvgIpc) is 4.04. The molecule has 3 N–H and O–H groups in total. The third-order valence-corrected chi connectivity index (χ3v) is 17.3. The molecule has 3 aromatic heterocycles. The molecule has 12 rings (SSSR count). The van der Waals surface area contributed by atoms with E-state index >= 15 is 4.39 Å². The van der Waals surface area contributed by atoms with Crippen LogP contribution in [0.1, 0.15) is 95.2 Å². The number of piperidine rings is 3. The molecule has 1 amide bonds. The summed E-state index contributed by atoms with van der Waals surface area (Å²) >= 11 is 0. The SMILES string of the molecule is C=C1CCC(c2nn(C)c3cc(N4CCN(C5CC6(CCN(CC7(COc8nc(N9CCC[C@@](C)(O)C9)c9cnc(-c%10cc(O)cc%11cccc(CC)c%10%11)c(F)c9n8)CC7)CC6)C5)CC4)ccc23)C(=O)N1. The summed E-state index contributed by atoms with van der Waals surface area (Å²) in [5, 5.41) is 32.9. The Labute approximate surface area is 414 Å². The molecule has 0 radical (unpaired) electrons. The minimum atomic E-state index is -0.917. The summed E-state index contributed by atoms with van der Waals surface area (Å²) < 4.78 is 25.6. The van der Waals surface area contributed by atoms with Crippen LogP contribution in [0, 0.1) is 16.6 Å². The molecular formula is C56H67FN10O4. The number of halogens is 1. The smallest absolute Gasteiger partial charge is 0.319 e. The number of β-amino-alcohol motifs (C(OH)–C–C–N with tert-alkyl or cyclic N) is 1. The summed E-state index contributed by atoms with van der Waals surface area (Å²) in [5.74, 6) is -0.284. The highest BCUT2D eigenvalue weighted by atomic mass is 19.1. The lowest BCUT2D eigenvalue weighted by molar-refractivity contribution is -0.122. The van der Waals surface area contributed by atoms with Crippen molar-refractivity contribution in [3.05, 3.63) is 84.1 Å². The number of allylic oxidation sites excluding steroid dienone is 1. The number of anilines is 2. The Morgan fingerprint density at radius 3 is 2.49 bits per heavy atom. The molecular weight excluding hydrogens is 896 g/mol. The van der Waals surface area contributed by atoms with Crippen LogP contribution in [0.3, 0.4) is 0 Å². The van der Waals surface area contributed by atoms with Gasteiger partial charge in [-0.3, -0.25) is 19.4 Å². The Morgan fingerprint density at radius 1 is 0.944 bits per heavy atom. The zero-order valence-corrected chi connectivity index (χ0v) is 41.5. The van der Waals surface area contributed by atoms with Crippen LogP contribution in [-0.2, 0) is 18.3 Å². The number of ether oxygens (including phenoxy) is 1. The molecule has 6 fully saturated rings. The quantitative estimate of drug-likeness (QED) is 0.115. The Hall–Kier alpha value is -5.90. The number of fused-ring (bicyclic) bond motifs is 3. The fraction of sp³-hybridized carbons (Fsp3) is 0.518. The van der Waals surface area contributed by atoms with Crippen LogP contribution in [0.25, 0.3) is 43.8 Å². The highest BCUT2D eigenvalue weighted by molar-refractivity contribution is 6.02. The number of phenolic OH excluding ortho intramolecular Hbond substituents is 1. The van der Waals surface area contributed by atoms with Gasteiger partial charge in [0.25, 0.3) is 0 Å². The number of hydrogen-bond acceptors (Lipinski definition) is 12. The molecule has 3 aromatic carbocycles. The Kier molecular flexibility index (Phi) is 11.5. The van der Waals surface area contributed by atoms with Crippen LogP contribution in [0.15, 0.2) is 67.0 Å². The van der Waals surface area contributed by atoms with Gasteiger partial charge in [0.05, 0.1) is 34.7 Å². The van der Waals surface area contributed by atoms with Crippen LogP contribution in [-0.4, -0.2) is 128 Å². The highest BCUT2D eigenvalue weighted by Crippen LogP contribution is 2.53. The van der Waals surface area contributed by atoms with Crippen molar-refractivity contribution in [1.82, 2.24) is 39.8 Å². The maximum Gasteiger partial charge on any atom is 0.319 e. The number of aliphatic hydroxyl groups is 1. The van der Waals surface area contributed by atoms with Gasteiger partial charge in [0.15, 0.2) is 5.82 Å². The molecule has 372 valence electrons. The molecule has 4 aliphatic heterocycles. The number of amides is 1. The highest BCUT2D eigenvalue weighted by Gasteiger charge is 2.51. The van der Waals surface area contributed by atoms with Gasteiger partial charge in [-0.05, 0) is 143 Å². The molecule has 0 bridgehead atoms. The number of benzene rings is 3.